The number of carbonyl (C=O) groups is 1. The predicted octanol–water partition coefficient (Wildman–Crippen LogP) is 2.36. The summed E-state index contributed by atoms with van der Waals surface area (Å²) in [6.45, 7) is 0.332. The Kier molecular flexibility index (Phi) is 5.26. The molecule has 1 amide bonds. The third kappa shape index (κ3) is 3.94. The maximum Gasteiger partial charge on any atom is 0.244 e. The van der Waals surface area contributed by atoms with Gasteiger partial charge in [0.05, 0.1) is 4.90 Å². The number of carbonyl (C=O) groups excluding carboxylic acids is 1. The molecule has 1 aromatic carbocycles. The molecule has 9 heteroatoms. The molecule has 0 aliphatic carbocycles. The molecule has 0 spiro atoms. The fraction of sp³-hybridized carbons (Fsp3) is 0.375. The van der Waals surface area contributed by atoms with Crippen LogP contribution in [-0.4, -0.2) is 41.0 Å². The van der Waals surface area contributed by atoms with Crippen molar-refractivity contribution >= 4 is 37.7 Å². The van der Waals surface area contributed by atoms with Crippen LogP contribution in [0.25, 0.3) is 0 Å². The number of anilines is 1. The lowest BCUT2D eigenvalue weighted by Crippen LogP contribution is -2.49. The van der Waals surface area contributed by atoms with Crippen molar-refractivity contribution in [1.29, 1.82) is 0 Å². The summed E-state index contributed by atoms with van der Waals surface area (Å²) in [4.78, 5) is 12.8. The number of piperidine rings is 1. The number of halogens is 1. The molecule has 0 unspecified atom stereocenters. The summed E-state index contributed by atoms with van der Waals surface area (Å²) in [6, 6.07) is 7.39. The number of hydrogen-bond donors (Lipinski definition) is 1. The molecule has 1 fully saturated rings. The van der Waals surface area contributed by atoms with E-state index in [1.807, 2.05) is 0 Å². The van der Waals surface area contributed by atoms with Crippen LogP contribution in [0.15, 0.2) is 45.9 Å². The molecular weight excluding hydrogens is 408 g/mol. The molecule has 7 nitrogen and oxygen atoms in total. The van der Waals surface area contributed by atoms with E-state index in [-0.39, 0.29) is 10.8 Å². The average molecular weight is 427 g/mol. The molecule has 1 aliphatic rings. The van der Waals surface area contributed by atoms with E-state index in [1.165, 1.54) is 4.31 Å². The van der Waals surface area contributed by atoms with Crippen LogP contribution in [0, 0.1) is 0 Å². The maximum absolute atomic E-state index is 13.0. The van der Waals surface area contributed by atoms with E-state index >= 15 is 0 Å². The van der Waals surface area contributed by atoms with Crippen LogP contribution in [0.5, 0.6) is 0 Å². The van der Waals surface area contributed by atoms with Crippen molar-refractivity contribution in [3.63, 3.8) is 0 Å². The number of amides is 1. The summed E-state index contributed by atoms with van der Waals surface area (Å²) < 4.78 is 29.6. The fourth-order valence-electron chi connectivity index (χ4n) is 2.89. The first-order valence-corrected chi connectivity index (χ1v) is 10.2. The largest absolute Gasteiger partial charge is 0.308 e. The van der Waals surface area contributed by atoms with E-state index in [1.54, 1.807) is 48.3 Å². The van der Waals surface area contributed by atoms with Crippen molar-refractivity contribution < 1.29 is 13.2 Å². The summed E-state index contributed by atoms with van der Waals surface area (Å²) >= 11 is 3.30. The molecule has 1 atom stereocenters. The third-order valence-corrected chi connectivity index (χ3v) is 6.59. The lowest BCUT2D eigenvalue weighted by atomic mass is 10.0. The lowest BCUT2D eigenvalue weighted by molar-refractivity contribution is -0.120. The van der Waals surface area contributed by atoms with Crippen LogP contribution in [0.1, 0.15) is 19.3 Å². The van der Waals surface area contributed by atoms with Crippen LogP contribution >= 0.6 is 15.9 Å². The Morgan fingerprint density at radius 1 is 1.24 bits per heavy atom. The Balaban J connectivity index is 1.84. The van der Waals surface area contributed by atoms with Gasteiger partial charge in [-0.15, -0.1) is 0 Å². The van der Waals surface area contributed by atoms with E-state index in [0.717, 1.165) is 17.3 Å². The molecule has 0 saturated carbocycles. The van der Waals surface area contributed by atoms with Crippen LogP contribution in [0.4, 0.5) is 5.82 Å². The zero-order valence-corrected chi connectivity index (χ0v) is 16.1. The van der Waals surface area contributed by atoms with Crippen LogP contribution in [0.3, 0.4) is 0 Å². The van der Waals surface area contributed by atoms with Crippen molar-refractivity contribution in [2.75, 3.05) is 11.9 Å². The SMILES string of the molecule is Cn1ccc(NC(=O)[C@H]2CCCCN2S(=O)(=O)c2ccc(Br)cc2)n1. The van der Waals surface area contributed by atoms with E-state index in [2.05, 4.69) is 26.3 Å². The lowest BCUT2D eigenvalue weighted by Gasteiger charge is -2.33. The highest BCUT2D eigenvalue weighted by Crippen LogP contribution is 2.27. The molecule has 1 N–H and O–H groups in total. The average Bonchev–Trinajstić information content (AvgIpc) is 3.00. The van der Waals surface area contributed by atoms with Crippen molar-refractivity contribution in [1.82, 2.24) is 14.1 Å². The third-order valence-electron chi connectivity index (χ3n) is 4.14. The minimum atomic E-state index is -3.73. The second-order valence-electron chi connectivity index (χ2n) is 5.95. The number of sulfonamides is 1. The van der Waals surface area contributed by atoms with Gasteiger partial charge in [0.1, 0.15) is 6.04 Å². The van der Waals surface area contributed by atoms with Gasteiger partial charge in [-0.3, -0.25) is 9.48 Å². The number of hydrogen-bond acceptors (Lipinski definition) is 4. The van der Waals surface area contributed by atoms with Gasteiger partial charge < -0.3 is 5.32 Å². The Morgan fingerprint density at radius 3 is 2.60 bits per heavy atom. The molecular formula is C16H19BrN4O3S. The van der Waals surface area contributed by atoms with Gasteiger partial charge in [-0.05, 0) is 37.1 Å². The summed E-state index contributed by atoms with van der Waals surface area (Å²) in [5, 5.41) is 6.82. The molecule has 0 bridgehead atoms. The molecule has 25 heavy (non-hydrogen) atoms. The van der Waals surface area contributed by atoms with Gasteiger partial charge in [0, 0.05) is 30.3 Å². The van der Waals surface area contributed by atoms with Crippen molar-refractivity contribution in [3.8, 4) is 0 Å². The van der Waals surface area contributed by atoms with Crippen molar-refractivity contribution in [3.05, 3.63) is 41.0 Å². The van der Waals surface area contributed by atoms with Gasteiger partial charge in [-0.25, -0.2) is 8.42 Å². The number of aryl methyl sites for hydroxylation is 1. The molecule has 3 rings (SSSR count). The minimum Gasteiger partial charge on any atom is -0.308 e. The fourth-order valence-corrected chi connectivity index (χ4v) is 4.81. The Labute approximate surface area is 155 Å². The number of benzene rings is 1. The van der Waals surface area contributed by atoms with E-state index < -0.39 is 16.1 Å². The van der Waals surface area contributed by atoms with Crippen molar-refractivity contribution in [2.45, 2.75) is 30.2 Å². The zero-order chi connectivity index (χ0) is 18.0. The van der Waals surface area contributed by atoms with Crippen LogP contribution < -0.4 is 5.32 Å². The molecule has 1 aromatic heterocycles. The molecule has 2 heterocycles. The van der Waals surface area contributed by atoms with Gasteiger partial charge in [-0.1, -0.05) is 22.4 Å². The summed E-state index contributed by atoms with van der Waals surface area (Å²) in [6.07, 6.45) is 3.76. The maximum atomic E-state index is 13.0. The van der Waals surface area contributed by atoms with E-state index in [4.69, 9.17) is 0 Å². The number of rotatable bonds is 4. The van der Waals surface area contributed by atoms with Gasteiger partial charge >= 0.3 is 0 Å². The first-order valence-electron chi connectivity index (χ1n) is 7.96. The summed E-state index contributed by atoms with van der Waals surface area (Å²) in [7, 11) is -1.98. The highest BCUT2D eigenvalue weighted by molar-refractivity contribution is 9.10. The first kappa shape index (κ1) is 18.1. The molecule has 1 aliphatic heterocycles. The number of nitrogens with one attached hydrogen (secondary N) is 1. The number of nitrogens with zero attached hydrogens (tertiary/aromatic N) is 3. The zero-order valence-electron chi connectivity index (χ0n) is 13.7. The second-order valence-corrected chi connectivity index (χ2v) is 8.75. The smallest absolute Gasteiger partial charge is 0.244 e. The predicted molar refractivity (Wildman–Crippen MR) is 97.5 cm³/mol. The van der Waals surface area contributed by atoms with Crippen LogP contribution in [0.2, 0.25) is 0 Å². The summed E-state index contributed by atoms with van der Waals surface area (Å²) in [5.41, 5.74) is 0. The highest BCUT2D eigenvalue weighted by Gasteiger charge is 2.37. The first-order chi connectivity index (χ1) is 11.9. The van der Waals surface area contributed by atoms with Crippen LogP contribution in [-0.2, 0) is 21.9 Å². The van der Waals surface area contributed by atoms with Gasteiger partial charge in [-0.2, -0.15) is 9.40 Å². The van der Waals surface area contributed by atoms with Gasteiger partial charge in [0.25, 0.3) is 0 Å². The second kappa shape index (κ2) is 7.27. The molecule has 1 saturated heterocycles. The van der Waals surface area contributed by atoms with E-state index in [9.17, 15) is 13.2 Å². The van der Waals surface area contributed by atoms with Gasteiger partial charge in [0.2, 0.25) is 15.9 Å². The molecule has 0 radical (unpaired) electrons. The Hall–Kier alpha value is -1.71. The quantitative estimate of drug-likeness (QED) is 0.812. The van der Waals surface area contributed by atoms with Gasteiger partial charge in [0.15, 0.2) is 5.82 Å². The summed E-state index contributed by atoms with van der Waals surface area (Å²) in [5.74, 6) is 0.0677. The highest BCUT2D eigenvalue weighted by atomic mass is 79.9. The Bertz CT molecular complexity index is 864. The molecule has 134 valence electrons. The molecule has 2 aromatic rings. The Morgan fingerprint density at radius 2 is 1.96 bits per heavy atom. The monoisotopic (exact) mass is 426 g/mol. The normalized spacial score (nSPS) is 18.9. The standard InChI is InChI=1S/C16H19BrN4O3S/c1-20-11-9-15(19-20)18-16(22)14-4-2-3-10-21(14)25(23,24)13-7-5-12(17)6-8-13/h5-9,11,14H,2-4,10H2,1H3,(H,18,19,22)/t14-/m1/s1. The van der Waals surface area contributed by atoms with E-state index in [0.29, 0.717) is 18.8 Å². The minimum absolute atomic E-state index is 0.188. The van der Waals surface area contributed by atoms with Crippen molar-refractivity contribution in [2.24, 2.45) is 7.05 Å². The number of aromatic nitrogens is 2. The topological polar surface area (TPSA) is 84.3 Å².